The van der Waals surface area contributed by atoms with Crippen molar-refractivity contribution < 1.29 is 19.1 Å². The molecule has 0 aliphatic heterocycles. The van der Waals surface area contributed by atoms with Gasteiger partial charge in [-0.1, -0.05) is 0 Å². The molecule has 1 aromatic rings. The van der Waals surface area contributed by atoms with Crippen LogP contribution in [0.4, 0.5) is 4.39 Å². The van der Waals surface area contributed by atoms with E-state index in [1.54, 1.807) is 6.92 Å². The maximum atomic E-state index is 13.1. The molecular formula is C14H18FNO3. The fourth-order valence-corrected chi connectivity index (χ4v) is 1.72. The van der Waals surface area contributed by atoms with Crippen molar-refractivity contribution in [3.63, 3.8) is 0 Å². The SMILES string of the molecule is Cc1cc(C(=O)NC(C)CCCC(=O)O)ccc1F. The Morgan fingerprint density at radius 2 is 2.11 bits per heavy atom. The highest BCUT2D eigenvalue weighted by Gasteiger charge is 2.11. The number of nitrogens with one attached hydrogen (secondary N) is 1. The molecule has 0 spiro atoms. The van der Waals surface area contributed by atoms with Gasteiger partial charge in [0.25, 0.3) is 5.91 Å². The zero-order valence-corrected chi connectivity index (χ0v) is 11.1. The van der Waals surface area contributed by atoms with Crippen molar-refractivity contribution in [1.82, 2.24) is 5.32 Å². The lowest BCUT2D eigenvalue weighted by molar-refractivity contribution is -0.137. The lowest BCUT2D eigenvalue weighted by Gasteiger charge is -2.13. The molecule has 1 amide bonds. The third-order valence-electron chi connectivity index (χ3n) is 2.83. The van der Waals surface area contributed by atoms with Crippen LogP contribution in [0.25, 0.3) is 0 Å². The van der Waals surface area contributed by atoms with Gasteiger partial charge in [0.2, 0.25) is 0 Å². The summed E-state index contributed by atoms with van der Waals surface area (Å²) in [5, 5.41) is 11.3. The highest BCUT2D eigenvalue weighted by atomic mass is 19.1. The second kappa shape index (κ2) is 6.87. The zero-order valence-electron chi connectivity index (χ0n) is 11.1. The summed E-state index contributed by atoms with van der Waals surface area (Å²) < 4.78 is 13.1. The smallest absolute Gasteiger partial charge is 0.303 e. The van der Waals surface area contributed by atoms with Crippen molar-refractivity contribution in [2.24, 2.45) is 0 Å². The van der Waals surface area contributed by atoms with Crippen LogP contribution in [-0.2, 0) is 4.79 Å². The van der Waals surface area contributed by atoms with Crippen LogP contribution < -0.4 is 5.32 Å². The monoisotopic (exact) mass is 267 g/mol. The van der Waals surface area contributed by atoms with Crippen LogP contribution in [0.15, 0.2) is 18.2 Å². The van der Waals surface area contributed by atoms with Crippen molar-refractivity contribution in [3.05, 3.63) is 35.1 Å². The molecule has 0 bridgehead atoms. The Hall–Kier alpha value is -1.91. The molecule has 0 saturated heterocycles. The minimum atomic E-state index is -0.840. The van der Waals surface area contributed by atoms with Crippen LogP contribution in [0.3, 0.4) is 0 Å². The van der Waals surface area contributed by atoms with Gasteiger partial charge in [-0.2, -0.15) is 0 Å². The molecule has 0 radical (unpaired) electrons. The predicted octanol–water partition coefficient (Wildman–Crippen LogP) is 2.51. The minimum Gasteiger partial charge on any atom is -0.481 e. The normalized spacial score (nSPS) is 11.9. The molecule has 4 nitrogen and oxygen atoms in total. The fraction of sp³-hybridized carbons (Fsp3) is 0.429. The second-order valence-corrected chi connectivity index (χ2v) is 4.62. The number of carboxylic acid groups (broad SMARTS) is 1. The van der Waals surface area contributed by atoms with E-state index in [1.165, 1.54) is 18.2 Å². The number of aryl methyl sites for hydroxylation is 1. The third-order valence-corrected chi connectivity index (χ3v) is 2.83. The Morgan fingerprint density at radius 3 is 2.68 bits per heavy atom. The average molecular weight is 267 g/mol. The van der Waals surface area contributed by atoms with Gasteiger partial charge in [0, 0.05) is 18.0 Å². The van der Waals surface area contributed by atoms with Gasteiger partial charge in [-0.3, -0.25) is 9.59 Å². The first-order valence-corrected chi connectivity index (χ1v) is 6.19. The van der Waals surface area contributed by atoms with E-state index in [4.69, 9.17) is 5.11 Å². The van der Waals surface area contributed by atoms with E-state index < -0.39 is 5.97 Å². The first-order valence-electron chi connectivity index (χ1n) is 6.19. The first-order chi connectivity index (χ1) is 8.90. The third kappa shape index (κ3) is 5.07. The molecule has 0 fully saturated rings. The van der Waals surface area contributed by atoms with E-state index in [1.807, 2.05) is 6.92 Å². The summed E-state index contributed by atoms with van der Waals surface area (Å²) in [6.45, 7) is 3.42. The number of rotatable bonds is 6. The quantitative estimate of drug-likeness (QED) is 0.832. The topological polar surface area (TPSA) is 66.4 Å². The van der Waals surface area contributed by atoms with Crippen LogP contribution in [0, 0.1) is 12.7 Å². The van der Waals surface area contributed by atoms with Gasteiger partial charge in [0.15, 0.2) is 0 Å². The Kier molecular flexibility index (Phi) is 5.48. The van der Waals surface area contributed by atoms with Crippen LogP contribution in [0.2, 0.25) is 0 Å². The number of hydrogen-bond donors (Lipinski definition) is 2. The Bertz CT molecular complexity index is 474. The van der Waals surface area contributed by atoms with Crippen molar-refractivity contribution in [2.45, 2.75) is 39.2 Å². The lowest BCUT2D eigenvalue weighted by atomic mass is 10.1. The number of aliphatic carboxylic acids is 1. The molecule has 0 aliphatic rings. The molecule has 19 heavy (non-hydrogen) atoms. The van der Waals surface area contributed by atoms with Crippen LogP contribution in [-0.4, -0.2) is 23.0 Å². The first kappa shape index (κ1) is 15.1. The number of amides is 1. The molecule has 1 aromatic carbocycles. The average Bonchev–Trinajstić information content (AvgIpc) is 2.32. The summed E-state index contributed by atoms with van der Waals surface area (Å²) in [7, 11) is 0. The van der Waals surface area contributed by atoms with Crippen molar-refractivity contribution in [1.29, 1.82) is 0 Å². The molecule has 1 atom stereocenters. The maximum absolute atomic E-state index is 13.1. The summed E-state index contributed by atoms with van der Waals surface area (Å²) >= 11 is 0. The zero-order chi connectivity index (χ0) is 14.4. The van der Waals surface area contributed by atoms with E-state index >= 15 is 0 Å². The molecule has 0 saturated carbocycles. The Morgan fingerprint density at radius 1 is 1.42 bits per heavy atom. The predicted molar refractivity (Wildman–Crippen MR) is 69.6 cm³/mol. The molecule has 1 rings (SSSR count). The summed E-state index contributed by atoms with van der Waals surface area (Å²) in [5.41, 5.74) is 0.829. The summed E-state index contributed by atoms with van der Waals surface area (Å²) in [6, 6.07) is 4.08. The van der Waals surface area contributed by atoms with Gasteiger partial charge in [0.1, 0.15) is 5.82 Å². The largest absolute Gasteiger partial charge is 0.481 e. The van der Waals surface area contributed by atoms with E-state index in [9.17, 15) is 14.0 Å². The van der Waals surface area contributed by atoms with Crippen LogP contribution in [0.1, 0.15) is 42.1 Å². The molecule has 5 heteroatoms. The number of benzene rings is 1. The van der Waals surface area contributed by atoms with Crippen LogP contribution >= 0.6 is 0 Å². The standard InChI is InChI=1S/C14H18FNO3/c1-9-8-11(6-7-12(9)15)14(19)16-10(2)4-3-5-13(17)18/h6-8,10H,3-5H2,1-2H3,(H,16,19)(H,17,18). The van der Waals surface area contributed by atoms with Gasteiger partial charge >= 0.3 is 5.97 Å². The van der Waals surface area contributed by atoms with E-state index in [0.717, 1.165) is 0 Å². The van der Waals surface area contributed by atoms with Crippen molar-refractivity contribution in [2.75, 3.05) is 0 Å². The van der Waals surface area contributed by atoms with Gasteiger partial charge < -0.3 is 10.4 Å². The molecule has 2 N–H and O–H groups in total. The van der Waals surface area contributed by atoms with E-state index in [-0.39, 0.29) is 24.2 Å². The molecule has 0 aromatic heterocycles. The fourth-order valence-electron chi connectivity index (χ4n) is 1.72. The summed E-state index contributed by atoms with van der Waals surface area (Å²) in [4.78, 5) is 22.2. The number of carboxylic acids is 1. The highest BCUT2D eigenvalue weighted by molar-refractivity contribution is 5.94. The number of halogens is 1. The minimum absolute atomic E-state index is 0.0931. The second-order valence-electron chi connectivity index (χ2n) is 4.62. The lowest BCUT2D eigenvalue weighted by Crippen LogP contribution is -2.32. The van der Waals surface area contributed by atoms with Crippen LogP contribution in [0.5, 0.6) is 0 Å². The highest BCUT2D eigenvalue weighted by Crippen LogP contribution is 2.10. The molecule has 0 aliphatic carbocycles. The number of carbonyl (C=O) groups is 2. The van der Waals surface area contributed by atoms with Gasteiger partial charge in [-0.25, -0.2) is 4.39 Å². The maximum Gasteiger partial charge on any atom is 0.303 e. The van der Waals surface area contributed by atoms with E-state index in [0.29, 0.717) is 24.0 Å². The molecular weight excluding hydrogens is 249 g/mol. The number of carbonyl (C=O) groups excluding carboxylic acids is 1. The van der Waals surface area contributed by atoms with Gasteiger partial charge in [-0.15, -0.1) is 0 Å². The van der Waals surface area contributed by atoms with Gasteiger partial charge in [0.05, 0.1) is 0 Å². The Labute approximate surface area is 111 Å². The molecule has 104 valence electrons. The van der Waals surface area contributed by atoms with Crippen molar-refractivity contribution >= 4 is 11.9 Å². The Balaban J connectivity index is 2.49. The molecule has 0 heterocycles. The summed E-state index contributed by atoms with van der Waals surface area (Å²) in [5.74, 6) is -1.45. The van der Waals surface area contributed by atoms with Crippen molar-refractivity contribution in [3.8, 4) is 0 Å². The molecule has 1 unspecified atom stereocenters. The van der Waals surface area contributed by atoms with E-state index in [2.05, 4.69) is 5.32 Å². The number of hydrogen-bond acceptors (Lipinski definition) is 2. The summed E-state index contributed by atoms with van der Waals surface area (Å²) in [6.07, 6.45) is 1.20. The van der Waals surface area contributed by atoms with Gasteiger partial charge in [-0.05, 0) is 50.5 Å².